The molecule has 0 spiro atoms. The number of anilines is 1. The molecule has 5 heteroatoms. The molecule has 0 aliphatic rings. The Morgan fingerprint density at radius 1 is 1.30 bits per heavy atom. The van der Waals surface area contributed by atoms with Crippen molar-refractivity contribution in [2.24, 2.45) is 0 Å². The van der Waals surface area contributed by atoms with Crippen LogP contribution in [0.4, 0.5) is 10.1 Å². The predicted octanol–water partition coefficient (Wildman–Crippen LogP) is 1.70. The van der Waals surface area contributed by atoms with E-state index in [2.05, 4.69) is 0 Å². The number of aromatic nitrogens is 1. The highest BCUT2D eigenvalue weighted by atomic mass is 19.1. The van der Waals surface area contributed by atoms with E-state index in [1.165, 1.54) is 18.2 Å². The second-order valence-corrected chi connectivity index (χ2v) is 4.86. The van der Waals surface area contributed by atoms with Crippen molar-refractivity contribution in [3.8, 4) is 0 Å². The summed E-state index contributed by atoms with van der Waals surface area (Å²) in [7, 11) is 1.93. The van der Waals surface area contributed by atoms with Gasteiger partial charge in [0.1, 0.15) is 5.82 Å². The molecule has 0 unspecified atom stereocenters. The van der Waals surface area contributed by atoms with Gasteiger partial charge in [0.2, 0.25) is 0 Å². The van der Waals surface area contributed by atoms with E-state index in [9.17, 15) is 9.18 Å². The summed E-state index contributed by atoms with van der Waals surface area (Å²) in [5, 5.41) is 0. The highest BCUT2D eigenvalue weighted by molar-refractivity contribution is 5.33. The van der Waals surface area contributed by atoms with Gasteiger partial charge in [-0.05, 0) is 30.8 Å². The van der Waals surface area contributed by atoms with Crippen molar-refractivity contribution >= 4 is 5.69 Å². The van der Waals surface area contributed by atoms with Crippen LogP contribution in [0, 0.1) is 5.82 Å². The monoisotopic (exact) mass is 275 g/mol. The topological polar surface area (TPSA) is 51.3 Å². The summed E-state index contributed by atoms with van der Waals surface area (Å²) in [6, 6.07) is 9.57. The highest BCUT2D eigenvalue weighted by Crippen LogP contribution is 2.06. The number of benzene rings is 1. The van der Waals surface area contributed by atoms with Crippen LogP contribution in [-0.2, 0) is 13.1 Å². The molecule has 20 heavy (non-hydrogen) atoms. The van der Waals surface area contributed by atoms with Crippen molar-refractivity contribution in [3.63, 3.8) is 0 Å². The average Bonchev–Trinajstić information content (AvgIpc) is 2.40. The fraction of sp³-hybridized carbons (Fsp3) is 0.267. The van der Waals surface area contributed by atoms with Crippen LogP contribution in [0.2, 0.25) is 0 Å². The molecule has 1 aromatic carbocycles. The van der Waals surface area contributed by atoms with Crippen LogP contribution in [0.1, 0.15) is 5.56 Å². The lowest BCUT2D eigenvalue weighted by atomic mass is 10.2. The van der Waals surface area contributed by atoms with Crippen LogP contribution in [0.15, 0.2) is 47.4 Å². The molecule has 0 bridgehead atoms. The number of nitrogen functional groups attached to an aromatic ring is 1. The van der Waals surface area contributed by atoms with Crippen LogP contribution in [-0.4, -0.2) is 23.1 Å². The van der Waals surface area contributed by atoms with Gasteiger partial charge in [-0.25, -0.2) is 4.39 Å². The van der Waals surface area contributed by atoms with Crippen molar-refractivity contribution in [1.82, 2.24) is 9.47 Å². The first-order valence-electron chi connectivity index (χ1n) is 6.43. The van der Waals surface area contributed by atoms with Crippen molar-refractivity contribution < 1.29 is 4.39 Å². The molecule has 0 saturated heterocycles. The molecule has 0 aliphatic heterocycles. The van der Waals surface area contributed by atoms with Gasteiger partial charge in [0, 0.05) is 37.6 Å². The van der Waals surface area contributed by atoms with Crippen LogP contribution in [0.5, 0.6) is 0 Å². The maximum Gasteiger partial charge on any atom is 0.250 e. The van der Waals surface area contributed by atoms with Gasteiger partial charge in [-0.2, -0.15) is 0 Å². The minimum Gasteiger partial charge on any atom is -0.398 e. The van der Waals surface area contributed by atoms with E-state index >= 15 is 0 Å². The van der Waals surface area contributed by atoms with Crippen molar-refractivity contribution in [2.75, 3.05) is 19.3 Å². The Morgan fingerprint density at radius 2 is 2.10 bits per heavy atom. The van der Waals surface area contributed by atoms with Crippen LogP contribution in [0.3, 0.4) is 0 Å². The Hall–Kier alpha value is -2.14. The first kappa shape index (κ1) is 14.3. The van der Waals surface area contributed by atoms with Crippen LogP contribution < -0.4 is 11.3 Å². The van der Waals surface area contributed by atoms with E-state index in [-0.39, 0.29) is 11.4 Å². The third kappa shape index (κ3) is 3.93. The summed E-state index contributed by atoms with van der Waals surface area (Å²) in [6.45, 7) is 1.87. The summed E-state index contributed by atoms with van der Waals surface area (Å²) < 4.78 is 14.7. The van der Waals surface area contributed by atoms with Gasteiger partial charge in [0.05, 0.1) is 0 Å². The van der Waals surface area contributed by atoms with E-state index in [0.29, 0.717) is 25.3 Å². The normalized spacial score (nSPS) is 10.9. The number of likely N-dealkylation sites (N-methyl/N-ethyl adjacent to an activating group) is 1. The number of halogens is 1. The number of nitrogens with zero attached hydrogens (tertiary/aromatic N) is 2. The summed E-state index contributed by atoms with van der Waals surface area (Å²) in [5.41, 5.74) is 7.06. The summed E-state index contributed by atoms with van der Waals surface area (Å²) in [5.74, 6) is -0.233. The van der Waals surface area contributed by atoms with Crippen molar-refractivity contribution in [3.05, 3.63) is 64.3 Å². The molecule has 0 atom stereocenters. The zero-order valence-corrected chi connectivity index (χ0v) is 11.4. The summed E-state index contributed by atoms with van der Waals surface area (Å²) in [4.78, 5) is 13.7. The zero-order chi connectivity index (χ0) is 14.5. The van der Waals surface area contributed by atoms with Crippen LogP contribution >= 0.6 is 0 Å². The maximum absolute atomic E-state index is 13.1. The lowest BCUT2D eigenvalue weighted by Gasteiger charge is -2.17. The van der Waals surface area contributed by atoms with Gasteiger partial charge >= 0.3 is 0 Å². The Bertz CT molecular complexity index is 639. The van der Waals surface area contributed by atoms with E-state index < -0.39 is 0 Å². The fourth-order valence-corrected chi connectivity index (χ4v) is 2.03. The van der Waals surface area contributed by atoms with Crippen LogP contribution in [0.25, 0.3) is 0 Å². The molecule has 0 fully saturated rings. The molecule has 0 radical (unpaired) electrons. The number of nitrogens with two attached hydrogens (primary N) is 1. The SMILES string of the molecule is CN(CCn1cc(N)ccc1=O)Cc1cccc(F)c1. The molecule has 0 amide bonds. The molecule has 4 nitrogen and oxygen atoms in total. The van der Waals surface area contributed by atoms with Gasteiger partial charge in [0.15, 0.2) is 0 Å². The maximum atomic E-state index is 13.1. The van der Waals surface area contributed by atoms with Gasteiger partial charge in [0.25, 0.3) is 5.56 Å². The average molecular weight is 275 g/mol. The van der Waals surface area contributed by atoms with E-state index in [1.54, 1.807) is 22.9 Å². The second-order valence-electron chi connectivity index (χ2n) is 4.86. The largest absolute Gasteiger partial charge is 0.398 e. The summed E-state index contributed by atoms with van der Waals surface area (Å²) in [6.07, 6.45) is 1.64. The Labute approximate surface area is 117 Å². The van der Waals surface area contributed by atoms with Gasteiger partial charge in [-0.1, -0.05) is 12.1 Å². The van der Waals surface area contributed by atoms with Crippen molar-refractivity contribution in [2.45, 2.75) is 13.1 Å². The third-order valence-electron chi connectivity index (χ3n) is 3.07. The lowest BCUT2D eigenvalue weighted by molar-refractivity contribution is 0.309. The molecular weight excluding hydrogens is 257 g/mol. The fourth-order valence-electron chi connectivity index (χ4n) is 2.03. The second kappa shape index (κ2) is 6.34. The zero-order valence-electron chi connectivity index (χ0n) is 11.4. The molecule has 0 aliphatic carbocycles. The van der Waals surface area contributed by atoms with E-state index in [0.717, 1.165) is 5.56 Å². The number of rotatable bonds is 5. The molecule has 0 saturated carbocycles. The Kier molecular flexibility index (Phi) is 4.53. The molecule has 1 heterocycles. The molecular formula is C15H18FN3O. The smallest absolute Gasteiger partial charge is 0.250 e. The first-order chi connectivity index (χ1) is 9.54. The lowest BCUT2D eigenvalue weighted by Crippen LogP contribution is -2.28. The number of pyridine rings is 1. The quantitative estimate of drug-likeness (QED) is 0.903. The predicted molar refractivity (Wildman–Crippen MR) is 77.8 cm³/mol. The molecule has 2 N–H and O–H groups in total. The summed E-state index contributed by atoms with van der Waals surface area (Å²) >= 11 is 0. The van der Waals surface area contributed by atoms with E-state index in [4.69, 9.17) is 5.73 Å². The Balaban J connectivity index is 1.93. The van der Waals surface area contributed by atoms with Gasteiger partial charge in [-0.15, -0.1) is 0 Å². The molecule has 1 aromatic heterocycles. The third-order valence-corrected chi connectivity index (χ3v) is 3.07. The number of hydrogen-bond donors (Lipinski definition) is 1. The molecule has 2 rings (SSSR count). The van der Waals surface area contributed by atoms with Gasteiger partial charge < -0.3 is 15.2 Å². The van der Waals surface area contributed by atoms with E-state index in [1.807, 2.05) is 18.0 Å². The van der Waals surface area contributed by atoms with Crippen molar-refractivity contribution in [1.29, 1.82) is 0 Å². The van der Waals surface area contributed by atoms with Gasteiger partial charge in [-0.3, -0.25) is 4.79 Å². The highest BCUT2D eigenvalue weighted by Gasteiger charge is 2.03. The molecule has 106 valence electrons. The standard InChI is InChI=1S/C15H18FN3O/c1-18(10-12-3-2-4-13(16)9-12)7-8-19-11-14(17)5-6-15(19)20/h2-6,9,11H,7-8,10,17H2,1H3. The number of hydrogen-bond acceptors (Lipinski definition) is 3. The minimum atomic E-state index is -0.233. The first-order valence-corrected chi connectivity index (χ1v) is 6.43. The molecule has 2 aromatic rings. The minimum absolute atomic E-state index is 0.0710. The Morgan fingerprint density at radius 3 is 2.85 bits per heavy atom.